The van der Waals surface area contributed by atoms with Crippen molar-refractivity contribution in [1.29, 1.82) is 0 Å². The van der Waals surface area contributed by atoms with Gasteiger partial charge in [0, 0.05) is 21.7 Å². The predicted molar refractivity (Wildman–Crippen MR) is 79.0 cm³/mol. The first-order valence-corrected chi connectivity index (χ1v) is 7.13. The number of hydrogen-bond acceptors (Lipinski definition) is 4. The van der Waals surface area contributed by atoms with E-state index in [0.717, 1.165) is 9.75 Å². The van der Waals surface area contributed by atoms with E-state index >= 15 is 0 Å². The lowest BCUT2D eigenvalue weighted by atomic mass is 10.2. The Labute approximate surface area is 118 Å². The average Bonchev–Trinajstić information content (AvgIpc) is 2.95. The first-order valence-electron chi connectivity index (χ1n) is 5.50. The molecule has 2 heterocycles. The van der Waals surface area contributed by atoms with Crippen LogP contribution in [0.1, 0.15) is 15.2 Å². The molecule has 0 atom stereocenters. The first-order chi connectivity index (χ1) is 9.01. The Hall–Kier alpha value is -1.86. The molecule has 100 valence electrons. The van der Waals surface area contributed by atoms with Gasteiger partial charge in [-0.2, -0.15) is 0 Å². The number of thiophene rings is 2. The standard InChI is InChI=1S/C12H13N3O2S2/c1-6-3-4-8(18-6)9-5-7(10(13)16)11(19-9)15-12(17)14-2/h3-5H,1-2H3,(H2,13,16)(H2,14,15,17). The second-order valence-corrected chi connectivity index (χ2v) is 6.17. The van der Waals surface area contributed by atoms with Gasteiger partial charge in [0.25, 0.3) is 5.91 Å². The zero-order chi connectivity index (χ0) is 14.0. The SMILES string of the molecule is CNC(=O)Nc1sc(-c2ccc(C)s2)cc1C(N)=O. The van der Waals surface area contributed by atoms with E-state index in [1.54, 1.807) is 17.4 Å². The summed E-state index contributed by atoms with van der Waals surface area (Å²) in [6, 6.07) is 5.33. The monoisotopic (exact) mass is 295 g/mol. The Bertz CT molecular complexity index is 631. The Morgan fingerprint density at radius 3 is 2.47 bits per heavy atom. The number of anilines is 1. The Morgan fingerprint density at radius 2 is 1.95 bits per heavy atom. The van der Waals surface area contributed by atoms with Gasteiger partial charge in [0.15, 0.2) is 0 Å². The molecule has 4 N–H and O–H groups in total. The van der Waals surface area contributed by atoms with Crippen molar-refractivity contribution in [2.24, 2.45) is 5.73 Å². The van der Waals surface area contributed by atoms with Crippen LogP contribution in [0.4, 0.5) is 9.80 Å². The van der Waals surface area contributed by atoms with E-state index in [-0.39, 0.29) is 6.03 Å². The van der Waals surface area contributed by atoms with Crippen LogP contribution >= 0.6 is 22.7 Å². The van der Waals surface area contributed by atoms with Gasteiger partial charge in [-0.15, -0.1) is 22.7 Å². The number of hydrogen-bond donors (Lipinski definition) is 3. The largest absolute Gasteiger partial charge is 0.366 e. The van der Waals surface area contributed by atoms with Gasteiger partial charge in [0.2, 0.25) is 0 Å². The Morgan fingerprint density at radius 1 is 1.21 bits per heavy atom. The van der Waals surface area contributed by atoms with Crippen LogP contribution in [-0.4, -0.2) is 19.0 Å². The maximum absolute atomic E-state index is 11.4. The van der Waals surface area contributed by atoms with E-state index in [9.17, 15) is 9.59 Å². The molecular weight excluding hydrogens is 282 g/mol. The third-order valence-corrected chi connectivity index (χ3v) is 4.68. The Kier molecular flexibility index (Phi) is 3.87. The molecule has 0 aliphatic rings. The van der Waals surface area contributed by atoms with Crippen molar-refractivity contribution in [3.8, 4) is 9.75 Å². The highest BCUT2D eigenvalue weighted by molar-refractivity contribution is 7.24. The molecule has 0 aliphatic carbocycles. The summed E-state index contributed by atoms with van der Waals surface area (Å²) in [5.41, 5.74) is 5.66. The highest BCUT2D eigenvalue weighted by Crippen LogP contribution is 2.38. The highest BCUT2D eigenvalue weighted by Gasteiger charge is 2.17. The lowest BCUT2D eigenvalue weighted by Crippen LogP contribution is -2.25. The van der Waals surface area contributed by atoms with E-state index in [2.05, 4.69) is 10.6 Å². The minimum absolute atomic E-state index is 0.328. The summed E-state index contributed by atoms with van der Waals surface area (Å²) in [6.07, 6.45) is 0. The summed E-state index contributed by atoms with van der Waals surface area (Å²) >= 11 is 2.96. The smallest absolute Gasteiger partial charge is 0.319 e. The molecule has 0 spiro atoms. The van der Waals surface area contributed by atoms with Crippen LogP contribution < -0.4 is 16.4 Å². The van der Waals surface area contributed by atoms with Crippen molar-refractivity contribution >= 4 is 39.6 Å². The number of primary amides is 1. The van der Waals surface area contributed by atoms with E-state index in [1.165, 1.54) is 23.3 Å². The zero-order valence-corrected chi connectivity index (χ0v) is 12.1. The molecular formula is C12H13N3O2S2. The summed E-state index contributed by atoms with van der Waals surface area (Å²) in [6.45, 7) is 2.01. The molecule has 0 saturated heterocycles. The topological polar surface area (TPSA) is 84.2 Å². The van der Waals surface area contributed by atoms with Gasteiger partial charge in [0.1, 0.15) is 5.00 Å². The van der Waals surface area contributed by atoms with Crippen LogP contribution in [0.5, 0.6) is 0 Å². The third-order valence-electron chi connectivity index (χ3n) is 2.43. The number of nitrogens with two attached hydrogens (primary N) is 1. The van der Waals surface area contributed by atoms with E-state index < -0.39 is 5.91 Å². The van der Waals surface area contributed by atoms with E-state index in [4.69, 9.17) is 5.73 Å². The van der Waals surface area contributed by atoms with Crippen LogP contribution in [0, 0.1) is 6.92 Å². The van der Waals surface area contributed by atoms with Gasteiger partial charge in [-0.3, -0.25) is 10.1 Å². The maximum atomic E-state index is 11.4. The Balaban J connectivity index is 2.40. The molecule has 19 heavy (non-hydrogen) atoms. The molecule has 0 aliphatic heterocycles. The van der Waals surface area contributed by atoms with Crippen LogP contribution in [0.25, 0.3) is 9.75 Å². The van der Waals surface area contributed by atoms with Crippen LogP contribution in [0.15, 0.2) is 18.2 Å². The number of nitrogens with one attached hydrogen (secondary N) is 2. The van der Waals surface area contributed by atoms with Gasteiger partial charge in [0.05, 0.1) is 5.56 Å². The van der Waals surface area contributed by atoms with Gasteiger partial charge in [-0.1, -0.05) is 0 Å². The van der Waals surface area contributed by atoms with Crippen molar-refractivity contribution in [1.82, 2.24) is 5.32 Å². The predicted octanol–water partition coefficient (Wildman–Crippen LogP) is 2.64. The highest BCUT2D eigenvalue weighted by atomic mass is 32.1. The fourth-order valence-electron chi connectivity index (χ4n) is 1.52. The molecule has 0 saturated carbocycles. The molecule has 3 amide bonds. The summed E-state index contributed by atoms with van der Waals surface area (Å²) in [5, 5.41) is 5.52. The van der Waals surface area contributed by atoms with Crippen LogP contribution in [0.3, 0.4) is 0 Å². The van der Waals surface area contributed by atoms with Crippen molar-refractivity contribution in [2.75, 3.05) is 12.4 Å². The van der Waals surface area contributed by atoms with Crippen molar-refractivity contribution in [2.45, 2.75) is 6.92 Å². The number of urea groups is 1. The van der Waals surface area contributed by atoms with Gasteiger partial charge < -0.3 is 11.1 Å². The number of aryl methyl sites for hydroxylation is 1. The molecule has 5 nitrogen and oxygen atoms in total. The fraction of sp³-hybridized carbons (Fsp3) is 0.167. The first kappa shape index (κ1) is 13.6. The normalized spacial score (nSPS) is 10.2. The third kappa shape index (κ3) is 2.94. The molecule has 0 fully saturated rings. The summed E-state index contributed by atoms with van der Waals surface area (Å²) in [5.74, 6) is -0.554. The van der Waals surface area contributed by atoms with Crippen LogP contribution in [0.2, 0.25) is 0 Å². The lowest BCUT2D eigenvalue weighted by Gasteiger charge is -2.02. The minimum atomic E-state index is -0.554. The quantitative estimate of drug-likeness (QED) is 0.813. The number of carbonyl (C=O) groups excluding carboxylic acids is 2. The van der Waals surface area contributed by atoms with E-state index in [0.29, 0.717) is 10.6 Å². The molecule has 0 radical (unpaired) electrons. The zero-order valence-electron chi connectivity index (χ0n) is 10.4. The molecule has 2 aromatic rings. The second kappa shape index (κ2) is 5.41. The lowest BCUT2D eigenvalue weighted by molar-refractivity contribution is 0.100. The number of carbonyl (C=O) groups is 2. The summed E-state index contributed by atoms with van der Waals surface area (Å²) < 4.78 is 0. The molecule has 0 aromatic carbocycles. The van der Waals surface area contributed by atoms with Crippen molar-refractivity contribution in [3.05, 3.63) is 28.6 Å². The summed E-state index contributed by atoms with van der Waals surface area (Å²) in [4.78, 5) is 25.9. The minimum Gasteiger partial charge on any atom is -0.366 e. The average molecular weight is 295 g/mol. The van der Waals surface area contributed by atoms with Gasteiger partial charge in [-0.05, 0) is 25.1 Å². The molecule has 2 rings (SSSR count). The van der Waals surface area contributed by atoms with E-state index in [1.807, 2.05) is 19.1 Å². The van der Waals surface area contributed by atoms with Crippen molar-refractivity contribution in [3.63, 3.8) is 0 Å². The van der Waals surface area contributed by atoms with Crippen molar-refractivity contribution < 1.29 is 9.59 Å². The number of rotatable bonds is 3. The fourth-order valence-corrected chi connectivity index (χ4v) is 3.53. The number of amides is 3. The summed E-state index contributed by atoms with van der Waals surface area (Å²) in [7, 11) is 1.51. The molecule has 0 bridgehead atoms. The molecule has 7 heteroatoms. The van der Waals surface area contributed by atoms with Gasteiger partial charge in [-0.25, -0.2) is 4.79 Å². The molecule has 0 unspecified atom stereocenters. The molecule has 2 aromatic heterocycles. The second-order valence-electron chi connectivity index (χ2n) is 3.83. The van der Waals surface area contributed by atoms with Crippen LogP contribution in [-0.2, 0) is 0 Å². The maximum Gasteiger partial charge on any atom is 0.319 e. The van der Waals surface area contributed by atoms with Gasteiger partial charge >= 0.3 is 6.03 Å².